The molecule has 5 nitrogen and oxygen atoms in total. The van der Waals surface area contributed by atoms with Crippen molar-refractivity contribution in [1.82, 2.24) is 14.7 Å². The molecule has 0 unspecified atom stereocenters. The molecular formula is C32H28ClN3O2S2. The van der Waals surface area contributed by atoms with E-state index in [1.54, 1.807) is 0 Å². The van der Waals surface area contributed by atoms with Crippen LogP contribution in [-0.4, -0.2) is 30.9 Å². The first-order valence-corrected chi connectivity index (χ1v) is 15.1. The van der Waals surface area contributed by atoms with Crippen LogP contribution in [0.1, 0.15) is 43.2 Å². The van der Waals surface area contributed by atoms with Gasteiger partial charge in [-0.05, 0) is 73.0 Å². The number of aromatic nitrogens is 2. The number of halogens is 1. The lowest BCUT2D eigenvalue weighted by molar-refractivity contribution is -0.124. The first-order valence-electron chi connectivity index (χ1n) is 13.4. The molecule has 0 atom stereocenters. The Bertz CT molecular complexity index is 1540. The van der Waals surface area contributed by atoms with Gasteiger partial charge in [0.15, 0.2) is 0 Å². The molecule has 1 saturated heterocycles. The number of carbonyl (C=O) groups is 1. The van der Waals surface area contributed by atoms with Crippen molar-refractivity contribution in [2.24, 2.45) is 0 Å². The molecule has 2 heterocycles. The predicted molar refractivity (Wildman–Crippen MR) is 167 cm³/mol. The number of nitrogens with zero attached hydrogens (tertiary/aromatic N) is 3. The summed E-state index contributed by atoms with van der Waals surface area (Å²) in [4.78, 5) is 16.0. The number of benzene rings is 3. The average Bonchev–Trinajstić information content (AvgIpc) is 3.54. The fourth-order valence-electron chi connectivity index (χ4n) is 5.16. The van der Waals surface area contributed by atoms with E-state index < -0.39 is 0 Å². The minimum absolute atomic E-state index is 0.00579. The molecule has 1 aliphatic carbocycles. The van der Waals surface area contributed by atoms with Gasteiger partial charge >= 0.3 is 0 Å². The first kappa shape index (κ1) is 26.8. The van der Waals surface area contributed by atoms with Crippen LogP contribution in [-0.2, 0) is 11.4 Å². The van der Waals surface area contributed by atoms with Crippen LogP contribution in [0.25, 0.3) is 23.0 Å². The normalized spacial score (nSPS) is 17.1. The van der Waals surface area contributed by atoms with Crippen molar-refractivity contribution in [1.29, 1.82) is 0 Å². The second-order valence-electron chi connectivity index (χ2n) is 10.00. The highest BCUT2D eigenvalue weighted by Crippen LogP contribution is 2.38. The zero-order valence-corrected chi connectivity index (χ0v) is 24.2. The molecule has 2 aliphatic rings. The number of ether oxygens (including phenoxy) is 1. The maximum Gasteiger partial charge on any atom is 0.266 e. The summed E-state index contributed by atoms with van der Waals surface area (Å²) in [6.45, 7) is 0.452. The Kier molecular flexibility index (Phi) is 8.05. The molecule has 2 fully saturated rings. The van der Waals surface area contributed by atoms with Crippen LogP contribution >= 0.6 is 35.6 Å². The highest BCUT2D eigenvalue weighted by Gasteiger charge is 2.37. The highest BCUT2D eigenvalue weighted by molar-refractivity contribution is 8.26. The minimum Gasteiger partial charge on any atom is -0.489 e. The Labute approximate surface area is 248 Å². The van der Waals surface area contributed by atoms with Crippen molar-refractivity contribution >= 4 is 51.9 Å². The standard InChI is InChI=1S/C32H28ClN3O2S2/c33-25-15-11-22(12-16-25)21-38-28-17-13-23(14-18-28)30-24(20-35(34-30)26-7-3-1-4-8-26)19-29-31(37)36(32(39)40-29)27-9-5-2-6-10-27/h1,3-4,7-8,11-20,27H,2,5-6,9-10,21H2/b29-19-. The summed E-state index contributed by atoms with van der Waals surface area (Å²) < 4.78 is 8.49. The van der Waals surface area contributed by atoms with Gasteiger partial charge in [-0.2, -0.15) is 5.10 Å². The summed E-state index contributed by atoms with van der Waals surface area (Å²) in [5.74, 6) is 0.766. The van der Waals surface area contributed by atoms with Gasteiger partial charge in [-0.1, -0.05) is 85.2 Å². The molecule has 1 saturated carbocycles. The van der Waals surface area contributed by atoms with E-state index in [0.29, 0.717) is 20.9 Å². The largest absolute Gasteiger partial charge is 0.489 e. The SMILES string of the molecule is O=C1/C(=C/c2cn(-c3ccccc3)nc2-c2ccc(OCc3ccc(Cl)cc3)cc2)SC(=S)N1C1CCCCC1. The lowest BCUT2D eigenvalue weighted by Crippen LogP contribution is -2.39. The van der Waals surface area contributed by atoms with Gasteiger partial charge in [0.2, 0.25) is 0 Å². The van der Waals surface area contributed by atoms with Crippen molar-refractivity contribution in [3.63, 3.8) is 0 Å². The van der Waals surface area contributed by atoms with Crippen molar-refractivity contribution in [3.8, 4) is 22.7 Å². The number of amides is 1. The lowest BCUT2D eigenvalue weighted by atomic mass is 9.94. The summed E-state index contributed by atoms with van der Waals surface area (Å²) in [6, 6.07) is 25.7. The van der Waals surface area contributed by atoms with E-state index in [9.17, 15) is 4.79 Å². The van der Waals surface area contributed by atoms with Crippen LogP contribution < -0.4 is 4.74 Å². The van der Waals surface area contributed by atoms with Crippen LogP contribution in [0.5, 0.6) is 5.75 Å². The minimum atomic E-state index is 0.00579. The van der Waals surface area contributed by atoms with Crippen molar-refractivity contribution in [2.75, 3.05) is 0 Å². The fourth-order valence-corrected chi connectivity index (χ4v) is 6.68. The fraction of sp³-hybridized carbons (Fsp3) is 0.219. The first-order chi connectivity index (χ1) is 19.5. The van der Waals surface area contributed by atoms with Crippen LogP contribution in [0.4, 0.5) is 0 Å². The van der Waals surface area contributed by atoms with Gasteiger partial charge in [-0.25, -0.2) is 4.68 Å². The van der Waals surface area contributed by atoms with Gasteiger partial charge in [0, 0.05) is 28.4 Å². The summed E-state index contributed by atoms with van der Waals surface area (Å²) in [5.41, 5.74) is 4.57. The van der Waals surface area contributed by atoms with Gasteiger partial charge in [-0.3, -0.25) is 9.69 Å². The van der Waals surface area contributed by atoms with E-state index in [2.05, 4.69) is 0 Å². The summed E-state index contributed by atoms with van der Waals surface area (Å²) in [5, 5.41) is 5.63. The molecule has 0 N–H and O–H groups in total. The summed E-state index contributed by atoms with van der Waals surface area (Å²) in [6.07, 6.45) is 9.47. The number of rotatable bonds is 7. The molecule has 40 heavy (non-hydrogen) atoms. The van der Waals surface area contributed by atoms with Gasteiger partial charge < -0.3 is 4.74 Å². The molecule has 202 valence electrons. The van der Waals surface area contributed by atoms with Crippen molar-refractivity contribution in [2.45, 2.75) is 44.8 Å². The average molecular weight is 586 g/mol. The Hall–Kier alpha value is -3.39. The molecule has 4 aromatic rings. The van der Waals surface area contributed by atoms with E-state index >= 15 is 0 Å². The Morgan fingerprint density at radius 2 is 1.70 bits per heavy atom. The topological polar surface area (TPSA) is 47.4 Å². The molecule has 0 bridgehead atoms. The van der Waals surface area contributed by atoms with Crippen molar-refractivity contribution < 1.29 is 9.53 Å². The molecule has 1 aromatic heterocycles. The number of thiocarbonyl (C=S) groups is 1. The zero-order chi connectivity index (χ0) is 27.5. The molecule has 6 rings (SSSR count). The Morgan fingerprint density at radius 1 is 0.975 bits per heavy atom. The maximum atomic E-state index is 13.5. The van der Waals surface area contributed by atoms with Gasteiger partial charge in [-0.15, -0.1) is 0 Å². The number of hydrogen-bond donors (Lipinski definition) is 0. The molecule has 1 amide bonds. The monoisotopic (exact) mass is 585 g/mol. The third-order valence-corrected chi connectivity index (χ3v) is 8.84. The van der Waals surface area contributed by atoms with Crippen LogP contribution in [0, 0.1) is 0 Å². The predicted octanol–water partition coefficient (Wildman–Crippen LogP) is 8.31. The van der Waals surface area contributed by atoms with Gasteiger partial charge in [0.1, 0.15) is 16.7 Å². The number of para-hydroxylation sites is 1. The van der Waals surface area contributed by atoms with Crippen molar-refractivity contribution in [3.05, 3.63) is 106 Å². The van der Waals surface area contributed by atoms with E-state index in [4.69, 9.17) is 33.7 Å². The van der Waals surface area contributed by atoms with Crippen LogP contribution in [0.15, 0.2) is 90.0 Å². The summed E-state index contributed by atoms with van der Waals surface area (Å²) in [7, 11) is 0. The lowest BCUT2D eigenvalue weighted by Gasteiger charge is -2.29. The van der Waals surface area contributed by atoms with E-state index in [-0.39, 0.29) is 11.9 Å². The van der Waals surface area contributed by atoms with E-state index in [1.807, 2.05) is 101 Å². The van der Waals surface area contributed by atoms with E-state index in [0.717, 1.165) is 59.5 Å². The Morgan fingerprint density at radius 3 is 2.42 bits per heavy atom. The number of hydrogen-bond acceptors (Lipinski definition) is 5. The molecular weight excluding hydrogens is 558 g/mol. The third-order valence-electron chi connectivity index (χ3n) is 7.26. The summed E-state index contributed by atoms with van der Waals surface area (Å²) >= 11 is 13.0. The molecule has 0 spiro atoms. The third kappa shape index (κ3) is 5.87. The number of thioether (sulfide) groups is 1. The quantitative estimate of drug-likeness (QED) is 0.161. The maximum absolute atomic E-state index is 13.5. The van der Waals surface area contributed by atoms with Crippen LogP contribution in [0.2, 0.25) is 5.02 Å². The smallest absolute Gasteiger partial charge is 0.266 e. The number of carbonyl (C=O) groups excluding carboxylic acids is 1. The highest BCUT2D eigenvalue weighted by atomic mass is 35.5. The van der Waals surface area contributed by atoms with Gasteiger partial charge in [0.05, 0.1) is 16.3 Å². The zero-order valence-electron chi connectivity index (χ0n) is 21.8. The van der Waals surface area contributed by atoms with E-state index in [1.165, 1.54) is 18.2 Å². The Balaban J connectivity index is 1.28. The molecule has 1 aliphatic heterocycles. The molecule has 3 aromatic carbocycles. The molecule has 8 heteroatoms. The second-order valence-corrected chi connectivity index (χ2v) is 12.1. The molecule has 0 radical (unpaired) electrons. The van der Waals surface area contributed by atoms with Crippen LogP contribution in [0.3, 0.4) is 0 Å². The van der Waals surface area contributed by atoms with Gasteiger partial charge in [0.25, 0.3) is 5.91 Å². The second kappa shape index (κ2) is 12.0.